The smallest absolute Gasteiger partial charge is 0.137 e. The predicted octanol–water partition coefficient (Wildman–Crippen LogP) is 15.3. The molecule has 0 saturated carbocycles. The van der Waals surface area contributed by atoms with Crippen molar-refractivity contribution in [2.24, 2.45) is 0 Å². The minimum absolute atomic E-state index is 0.819. The van der Waals surface area contributed by atoms with Gasteiger partial charge in [0.15, 0.2) is 0 Å². The molecule has 9 aromatic carbocycles. The second-order valence-electron chi connectivity index (χ2n) is 14.1. The van der Waals surface area contributed by atoms with Gasteiger partial charge in [0.1, 0.15) is 11.5 Å². The fourth-order valence-corrected chi connectivity index (χ4v) is 7.91. The molecule has 2 heteroatoms. The molecule has 0 spiro atoms. The molecule has 56 heavy (non-hydrogen) atoms. The van der Waals surface area contributed by atoms with E-state index in [0.717, 1.165) is 67.5 Å². The molecule has 1 aliphatic heterocycles. The summed E-state index contributed by atoms with van der Waals surface area (Å²) < 4.78 is 6.98. The normalized spacial score (nSPS) is 11.4. The molecular weight excluding hydrogens is 679 g/mol. The summed E-state index contributed by atoms with van der Waals surface area (Å²) in [6.07, 6.45) is 0. The van der Waals surface area contributed by atoms with Crippen molar-refractivity contribution < 1.29 is 4.74 Å². The molecule has 1 aliphatic rings. The fraction of sp³-hybridized carbons (Fsp3) is 0. The Morgan fingerprint density at radius 1 is 0.268 bits per heavy atom. The van der Waals surface area contributed by atoms with Crippen molar-refractivity contribution in [2.45, 2.75) is 0 Å². The Bertz CT molecular complexity index is 2780. The Morgan fingerprint density at radius 3 is 1.20 bits per heavy atom. The second-order valence-corrected chi connectivity index (χ2v) is 14.1. The molecule has 0 unspecified atom stereocenters. The van der Waals surface area contributed by atoms with Gasteiger partial charge in [0.2, 0.25) is 0 Å². The monoisotopic (exact) mass is 715 g/mol. The van der Waals surface area contributed by atoms with Crippen molar-refractivity contribution in [2.75, 3.05) is 4.90 Å². The van der Waals surface area contributed by atoms with Gasteiger partial charge in [-0.3, -0.25) is 0 Å². The van der Waals surface area contributed by atoms with E-state index in [-0.39, 0.29) is 0 Å². The minimum Gasteiger partial charge on any atom is -0.456 e. The third kappa shape index (κ3) is 6.24. The molecule has 9 aromatic rings. The van der Waals surface area contributed by atoms with Crippen LogP contribution in [0.5, 0.6) is 11.5 Å². The quantitative estimate of drug-likeness (QED) is 0.163. The van der Waals surface area contributed by atoms with Crippen LogP contribution in [0.3, 0.4) is 0 Å². The van der Waals surface area contributed by atoms with Gasteiger partial charge in [-0.1, -0.05) is 176 Å². The van der Waals surface area contributed by atoms with E-state index in [2.05, 4.69) is 229 Å². The molecule has 0 fully saturated rings. The van der Waals surface area contributed by atoms with E-state index >= 15 is 0 Å². The molecule has 2 nitrogen and oxygen atoms in total. The van der Waals surface area contributed by atoms with Gasteiger partial charge in [-0.05, 0) is 104 Å². The Balaban J connectivity index is 1.10. The fourth-order valence-electron chi connectivity index (χ4n) is 7.91. The van der Waals surface area contributed by atoms with Crippen LogP contribution in [0.1, 0.15) is 0 Å². The van der Waals surface area contributed by atoms with Crippen LogP contribution in [0.4, 0.5) is 17.1 Å². The Hall–Kier alpha value is -7.42. The van der Waals surface area contributed by atoms with E-state index in [4.69, 9.17) is 4.74 Å². The first-order valence-electron chi connectivity index (χ1n) is 19.1. The van der Waals surface area contributed by atoms with Crippen molar-refractivity contribution in [1.29, 1.82) is 0 Å². The summed E-state index contributed by atoms with van der Waals surface area (Å²) in [6, 6.07) is 79.9. The van der Waals surface area contributed by atoms with Crippen molar-refractivity contribution in [3.63, 3.8) is 0 Å². The highest BCUT2D eigenvalue weighted by atomic mass is 16.5. The maximum Gasteiger partial charge on any atom is 0.137 e. The summed E-state index contributed by atoms with van der Waals surface area (Å²) in [5, 5.41) is 0. The zero-order valence-electron chi connectivity index (χ0n) is 30.7. The lowest BCUT2D eigenvalue weighted by atomic mass is 9.92. The van der Waals surface area contributed by atoms with E-state index in [1.807, 2.05) is 0 Å². The number of hydrogen-bond acceptors (Lipinski definition) is 2. The van der Waals surface area contributed by atoms with Gasteiger partial charge in [0.25, 0.3) is 0 Å². The standard InChI is InChI=1S/C54H37NO/c1-4-13-38(14-5-1)41-23-25-42(26-24-41)44-29-34-47(35-30-44)55(46-32-27-43(28-33-46)39-15-6-2-7-16-39)51-21-12-22-52-54(51)50-20-11-10-19-48(50)49-36-31-45(37-53(49)56-52)40-17-8-3-9-18-40/h1-37H. The number of hydrogen-bond donors (Lipinski definition) is 0. The number of benzene rings is 9. The summed E-state index contributed by atoms with van der Waals surface area (Å²) in [5.41, 5.74) is 17.0. The first kappa shape index (κ1) is 33.2. The molecule has 10 rings (SSSR count). The van der Waals surface area contributed by atoms with Gasteiger partial charge >= 0.3 is 0 Å². The first-order chi connectivity index (χ1) is 27.8. The highest BCUT2D eigenvalue weighted by molar-refractivity contribution is 5.99. The molecular formula is C54H37NO. The Kier molecular flexibility index (Phi) is 8.55. The Morgan fingerprint density at radius 2 is 0.679 bits per heavy atom. The number of fused-ring (bicyclic) bond motifs is 5. The van der Waals surface area contributed by atoms with Crippen LogP contribution >= 0.6 is 0 Å². The summed E-state index contributed by atoms with van der Waals surface area (Å²) in [5.74, 6) is 1.66. The largest absolute Gasteiger partial charge is 0.456 e. The highest BCUT2D eigenvalue weighted by Gasteiger charge is 2.27. The third-order valence-corrected chi connectivity index (χ3v) is 10.7. The average Bonchev–Trinajstić information content (AvgIpc) is 3.42. The maximum atomic E-state index is 6.98. The van der Waals surface area contributed by atoms with Crippen molar-refractivity contribution in [3.05, 3.63) is 224 Å². The zero-order valence-corrected chi connectivity index (χ0v) is 30.7. The minimum atomic E-state index is 0.819. The molecule has 1 heterocycles. The van der Waals surface area contributed by atoms with Gasteiger partial charge in [-0.25, -0.2) is 0 Å². The predicted molar refractivity (Wildman–Crippen MR) is 234 cm³/mol. The van der Waals surface area contributed by atoms with E-state index in [1.54, 1.807) is 0 Å². The van der Waals surface area contributed by atoms with E-state index in [1.165, 1.54) is 27.8 Å². The zero-order chi connectivity index (χ0) is 37.3. The average molecular weight is 716 g/mol. The van der Waals surface area contributed by atoms with Gasteiger partial charge in [-0.2, -0.15) is 0 Å². The van der Waals surface area contributed by atoms with E-state index in [9.17, 15) is 0 Å². The molecule has 0 saturated heterocycles. The van der Waals surface area contributed by atoms with Crippen molar-refractivity contribution >= 4 is 17.1 Å². The lowest BCUT2D eigenvalue weighted by Crippen LogP contribution is -2.11. The first-order valence-corrected chi connectivity index (χ1v) is 19.1. The van der Waals surface area contributed by atoms with Crippen LogP contribution in [0.15, 0.2) is 224 Å². The molecule has 0 atom stereocenters. The highest BCUT2D eigenvalue weighted by Crippen LogP contribution is 2.53. The lowest BCUT2D eigenvalue weighted by molar-refractivity contribution is 0.488. The van der Waals surface area contributed by atoms with Crippen molar-refractivity contribution in [1.82, 2.24) is 0 Å². The topological polar surface area (TPSA) is 12.5 Å². The van der Waals surface area contributed by atoms with E-state index < -0.39 is 0 Å². The maximum absolute atomic E-state index is 6.98. The van der Waals surface area contributed by atoms with Crippen LogP contribution in [0.25, 0.3) is 66.8 Å². The number of rotatable bonds is 7. The van der Waals surface area contributed by atoms with Crippen LogP contribution in [0.2, 0.25) is 0 Å². The number of ether oxygens (including phenoxy) is 1. The summed E-state index contributed by atoms with van der Waals surface area (Å²) in [4.78, 5) is 2.36. The van der Waals surface area contributed by atoms with Gasteiger partial charge in [0, 0.05) is 22.5 Å². The SMILES string of the molecule is c1ccc(-c2ccc(-c3ccc(N(c4ccc(-c5ccccc5)cc4)c4cccc5c4-c4ccccc4-c4ccc(-c6ccccc6)cc4O5)cc3)cc2)cc1. The summed E-state index contributed by atoms with van der Waals surface area (Å²) in [7, 11) is 0. The van der Waals surface area contributed by atoms with Gasteiger partial charge in [-0.15, -0.1) is 0 Å². The van der Waals surface area contributed by atoms with Gasteiger partial charge in [0.05, 0.1) is 5.69 Å². The molecule has 264 valence electrons. The molecule has 0 N–H and O–H groups in total. The molecule has 0 aliphatic carbocycles. The van der Waals surface area contributed by atoms with E-state index in [0.29, 0.717) is 0 Å². The Labute approximate surface area is 328 Å². The van der Waals surface area contributed by atoms with Crippen LogP contribution in [-0.2, 0) is 0 Å². The molecule has 0 radical (unpaired) electrons. The summed E-state index contributed by atoms with van der Waals surface area (Å²) in [6.45, 7) is 0. The number of nitrogens with zero attached hydrogens (tertiary/aromatic N) is 1. The number of anilines is 3. The second kappa shape index (κ2) is 14.4. The van der Waals surface area contributed by atoms with Crippen LogP contribution < -0.4 is 9.64 Å². The molecule has 0 aromatic heterocycles. The third-order valence-electron chi connectivity index (χ3n) is 10.7. The lowest BCUT2D eigenvalue weighted by Gasteiger charge is -2.29. The van der Waals surface area contributed by atoms with Crippen molar-refractivity contribution in [3.8, 4) is 78.3 Å². The van der Waals surface area contributed by atoms with Crippen LogP contribution in [-0.4, -0.2) is 0 Å². The molecule has 0 amide bonds. The van der Waals surface area contributed by atoms with Gasteiger partial charge < -0.3 is 9.64 Å². The molecule has 0 bridgehead atoms. The van der Waals surface area contributed by atoms with Crippen LogP contribution in [0, 0.1) is 0 Å². The summed E-state index contributed by atoms with van der Waals surface area (Å²) >= 11 is 0.